The maximum absolute atomic E-state index is 12.2. The van der Waals surface area contributed by atoms with E-state index in [1.54, 1.807) is 0 Å². The number of hydrogen-bond acceptors (Lipinski definition) is 3. The van der Waals surface area contributed by atoms with Gasteiger partial charge < -0.3 is 15.1 Å². The average Bonchev–Trinajstić information content (AvgIpc) is 2.78. The van der Waals surface area contributed by atoms with E-state index in [0.717, 1.165) is 45.7 Å². The number of carbonyl (C=O) groups excluding carboxylic acids is 1. The molecule has 2 saturated heterocycles. The fraction of sp³-hybridized carbons (Fsp3) is 0.917. The second-order valence-electron chi connectivity index (χ2n) is 5.15. The Morgan fingerprint density at radius 3 is 2.50 bits per heavy atom. The van der Waals surface area contributed by atoms with Crippen LogP contribution in [0.25, 0.3) is 0 Å². The molecule has 0 saturated carbocycles. The van der Waals surface area contributed by atoms with Gasteiger partial charge in [0.2, 0.25) is 5.91 Å². The normalized spacial score (nSPS) is 27.7. The summed E-state index contributed by atoms with van der Waals surface area (Å²) in [6, 6.07) is 0.570. The smallest absolute Gasteiger partial charge is 0.227 e. The third-order valence-corrected chi connectivity index (χ3v) is 3.73. The molecule has 92 valence electrons. The number of piperazine rings is 1. The van der Waals surface area contributed by atoms with Gasteiger partial charge in [0.05, 0.1) is 5.92 Å². The van der Waals surface area contributed by atoms with Gasteiger partial charge in [-0.3, -0.25) is 4.79 Å². The zero-order valence-corrected chi connectivity index (χ0v) is 10.4. The summed E-state index contributed by atoms with van der Waals surface area (Å²) in [5.74, 6) is 0.630. The summed E-state index contributed by atoms with van der Waals surface area (Å²) in [5, 5.41) is 3.28. The molecule has 2 fully saturated rings. The van der Waals surface area contributed by atoms with E-state index >= 15 is 0 Å². The van der Waals surface area contributed by atoms with Crippen LogP contribution in [0.5, 0.6) is 0 Å². The van der Waals surface area contributed by atoms with Crippen LogP contribution in [0.2, 0.25) is 0 Å². The molecule has 2 rings (SSSR count). The lowest BCUT2D eigenvalue weighted by atomic mass is 10.1. The first-order chi connectivity index (χ1) is 7.68. The SMILES string of the molecule is CC(C)N1CC[C@@H](C(=O)N2CCNCC2)C1. The molecule has 0 unspecified atom stereocenters. The third kappa shape index (κ3) is 2.55. The van der Waals surface area contributed by atoms with Crippen molar-refractivity contribution in [2.75, 3.05) is 39.3 Å². The molecule has 0 radical (unpaired) electrons. The van der Waals surface area contributed by atoms with Gasteiger partial charge in [0.15, 0.2) is 0 Å². The lowest BCUT2D eigenvalue weighted by molar-refractivity contribution is -0.135. The van der Waals surface area contributed by atoms with Crippen molar-refractivity contribution in [1.29, 1.82) is 0 Å². The fourth-order valence-electron chi connectivity index (χ4n) is 2.60. The van der Waals surface area contributed by atoms with Gasteiger partial charge in [0.1, 0.15) is 0 Å². The van der Waals surface area contributed by atoms with Crippen molar-refractivity contribution in [3.05, 3.63) is 0 Å². The molecule has 2 heterocycles. The molecule has 2 aliphatic rings. The van der Waals surface area contributed by atoms with Crippen LogP contribution in [0.3, 0.4) is 0 Å². The molecule has 1 atom stereocenters. The summed E-state index contributed by atoms with van der Waals surface area (Å²) in [5.41, 5.74) is 0. The Bertz CT molecular complexity index is 249. The van der Waals surface area contributed by atoms with Crippen molar-refractivity contribution in [3.8, 4) is 0 Å². The van der Waals surface area contributed by atoms with Gasteiger partial charge in [-0.2, -0.15) is 0 Å². The molecule has 0 aromatic rings. The number of nitrogens with one attached hydrogen (secondary N) is 1. The first-order valence-corrected chi connectivity index (χ1v) is 6.42. The Labute approximate surface area is 98.0 Å². The second kappa shape index (κ2) is 5.15. The van der Waals surface area contributed by atoms with Crippen molar-refractivity contribution in [2.24, 2.45) is 5.92 Å². The van der Waals surface area contributed by atoms with Gasteiger partial charge in [-0.1, -0.05) is 0 Å². The summed E-state index contributed by atoms with van der Waals surface area (Å²) in [6.07, 6.45) is 1.04. The molecular formula is C12H23N3O. The van der Waals surface area contributed by atoms with Crippen molar-refractivity contribution in [1.82, 2.24) is 15.1 Å². The highest BCUT2D eigenvalue weighted by Gasteiger charge is 2.32. The largest absolute Gasteiger partial charge is 0.340 e. The van der Waals surface area contributed by atoms with Crippen LogP contribution >= 0.6 is 0 Å². The molecule has 0 aromatic heterocycles. The number of nitrogens with zero attached hydrogens (tertiary/aromatic N) is 2. The maximum atomic E-state index is 12.2. The number of rotatable bonds is 2. The highest BCUT2D eigenvalue weighted by atomic mass is 16.2. The van der Waals surface area contributed by atoms with E-state index in [9.17, 15) is 4.79 Å². The van der Waals surface area contributed by atoms with Crippen molar-refractivity contribution >= 4 is 5.91 Å². The molecule has 0 bridgehead atoms. The van der Waals surface area contributed by atoms with E-state index < -0.39 is 0 Å². The molecule has 0 aromatic carbocycles. The Balaban J connectivity index is 1.86. The molecule has 4 nitrogen and oxygen atoms in total. The fourth-order valence-corrected chi connectivity index (χ4v) is 2.60. The van der Waals surface area contributed by atoms with Gasteiger partial charge in [-0.25, -0.2) is 0 Å². The quantitative estimate of drug-likeness (QED) is 0.726. The Kier molecular flexibility index (Phi) is 3.82. The van der Waals surface area contributed by atoms with Gasteiger partial charge in [-0.15, -0.1) is 0 Å². The van der Waals surface area contributed by atoms with Gasteiger partial charge in [-0.05, 0) is 26.8 Å². The molecule has 1 amide bonds. The van der Waals surface area contributed by atoms with Crippen molar-refractivity contribution < 1.29 is 4.79 Å². The number of amides is 1. The van der Waals surface area contributed by atoms with Crippen LogP contribution in [-0.4, -0.2) is 61.0 Å². The van der Waals surface area contributed by atoms with E-state index in [0.29, 0.717) is 11.9 Å². The zero-order valence-electron chi connectivity index (χ0n) is 10.4. The van der Waals surface area contributed by atoms with Gasteiger partial charge >= 0.3 is 0 Å². The van der Waals surface area contributed by atoms with E-state index in [1.807, 2.05) is 4.90 Å². The molecule has 0 spiro atoms. The van der Waals surface area contributed by atoms with Crippen molar-refractivity contribution in [2.45, 2.75) is 26.3 Å². The van der Waals surface area contributed by atoms with E-state index in [1.165, 1.54) is 0 Å². The lowest BCUT2D eigenvalue weighted by Crippen LogP contribution is -2.48. The molecule has 16 heavy (non-hydrogen) atoms. The topological polar surface area (TPSA) is 35.6 Å². The van der Waals surface area contributed by atoms with Crippen molar-refractivity contribution in [3.63, 3.8) is 0 Å². The van der Waals surface area contributed by atoms with Crippen LogP contribution in [0, 0.1) is 5.92 Å². The van der Waals surface area contributed by atoms with E-state index in [4.69, 9.17) is 0 Å². The highest BCUT2D eigenvalue weighted by Crippen LogP contribution is 2.20. The molecule has 2 aliphatic heterocycles. The van der Waals surface area contributed by atoms with Crippen LogP contribution in [0.4, 0.5) is 0 Å². The summed E-state index contributed by atoms with van der Waals surface area (Å²) in [7, 11) is 0. The van der Waals surface area contributed by atoms with Gasteiger partial charge in [0.25, 0.3) is 0 Å². The highest BCUT2D eigenvalue weighted by molar-refractivity contribution is 5.79. The summed E-state index contributed by atoms with van der Waals surface area (Å²) >= 11 is 0. The first-order valence-electron chi connectivity index (χ1n) is 6.42. The predicted molar refractivity (Wildman–Crippen MR) is 64.3 cm³/mol. The summed E-state index contributed by atoms with van der Waals surface area (Å²) in [4.78, 5) is 16.7. The van der Waals surface area contributed by atoms with Crippen LogP contribution in [0.1, 0.15) is 20.3 Å². The first kappa shape index (κ1) is 11.9. The summed E-state index contributed by atoms with van der Waals surface area (Å²) < 4.78 is 0. The number of likely N-dealkylation sites (tertiary alicyclic amines) is 1. The summed E-state index contributed by atoms with van der Waals surface area (Å²) in [6.45, 7) is 10.1. The Morgan fingerprint density at radius 1 is 1.25 bits per heavy atom. The van der Waals surface area contributed by atoms with E-state index in [2.05, 4.69) is 24.1 Å². The average molecular weight is 225 g/mol. The predicted octanol–water partition coefficient (Wildman–Crippen LogP) is 0.149. The van der Waals surface area contributed by atoms with Crippen LogP contribution in [-0.2, 0) is 4.79 Å². The molecule has 0 aliphatic carbocycles. The minimum absolute atomic E-state index is 0.250. The van der Waals surface area contributed by atoms with Crippen LogP contribution in [0.15, 0.2) is 0 Å². The monoisotopic (exact) mass is 225 g/mol. The third-order valence-electron chi connectivity index (χ3n) is 3.73. The zero-order chi connectivity index (χ0) is 11.5. The van der Waals surface area contributed by atoms with Crippen LogP contribution < -0.4 is 5.32 Å². The molecule has 1 N–H and O–H groups in total. The van der Waals surface area contributed by atoms with Gasteiger partial charge in [0, 0.05) is 38.8 Å². The van der Waals surface area contributed by atoms with E-state index in [-0.39, 0.29) is 5.92 Å². The molecular weight excluding hydrogens is 202 g/mol. The Morgan fingerprint density at radius 2 is 1.94 bits per heavy atom. The maximum Gasteiger partial charge on any atom is 0.227 e. The number of carbonyl (C=O) groups is 1. The minimum Gasteiger partial charge on any atom is -0.340 e. The Hall–Kier alpha value is -0.610. The lowest BCUT2D eigenvalue weighted by Gasteiger charge is -2.30. The number of hydrogen-bond donors (Lipinski definition) is 1. The minimum atomic E-state index is 0.250. The standard InChI is InChI=1S/C12H23N3O/c1-10(2)15-6-3-11(9-15)12(16)14-7-4-13-5-8-14/h10-11,13H,3-9H2,1-2H3/t11-/m1/s1. The second-order valence-corrected chi connectivity index (χ2v) is 5.15. The molecule has 4 heteroatoms.